The summed E-state index contributed by atoms with van der Waals surface area (Å²) in [6.07, 6.45) is -0.859. The summed E-state index contributed by atoms with van der Waals surface area (Å²) in [5.74, 6) is -0.922. The van der Waals surface area contributed by atoms with E-state index < -0.39 is 12.1 Å². The van der Waals surface area contributed by atoms with Gasteiger partial charge in [0.05, 0.1) is 11.4 Å². The van der Waals surface area contributed by atoms with Gasteiger partial charge in [-0.15, -0.1) is 0 Å². The molecule has 0 saturated carbocycles. The van der Waals surface area contributed by atoms with Gasteiger partial charge >= 0.3 is 5.97 Å². The lowest BCUT2D eigenvalue weighted by atomic mass is 10.3. The molecular formula is C12H20N4O3. The van der Waals surface area contributed by atoms with Gasteiger partial charge in [0.25, 0.3) is 5.91 Å². The van der Waals surface area contributed by atoms with Crippen LogP contribution in [0.5, 0.6) is 0 Å². The Kier molecular flexibility index (Phi) is 4.52. The minimum absolute atomic E-state index is 0.193. The molecule has 106 valence electrons. The number of aromatic nitrogens is 2. The summed E-state index contributed by atoms with van der Waals surface area (Å²) < 4.78 is 6.60. The molecule has 2 N–H and O–H groups in total. The number of carbonyl (C=O) groups is 2. The van der Waals surface area contributed by atoms with Crippen LogP contribution in [0.3, 0.4) is 0 Å². The van der Waals surface area contributed by atoms with Crippen molar-refractivity contribution in [2.24, 2.45) is 0 Å². The number of rotatable bonds is 4. The second kappa shape index (κ2) is 5.73. The first-order valence-electron chi connectivity index (χ1n) is 6.04. The molecule has 1 atom stereocenters. The topological polar surface area (TPSA) is 90.5 Å². The van der Waals surface area contributed by atoms with E-state index in [1.165, 1.54) is 16.5 Å². The van der Waals surface area contributed by atoms with Crippen LogP contribution >= 0.6 is 0 Å². The third kappa shape index (κ3) is 3.04. The Hall–Kier alpha value is -2.05. The van der Waals surface area contributed by atoms with Gasteiger partial charge in [0.15, 0.2) is 11.8 Å². The highest BCUT2D eigenvalue weighted by atomic mass is 16.5. The van der Waals surface area contributed by atoms with Gasteiger partial charge in [-0.2, -0.15) is 5.10 Å². The van der Waals surface area contributed by atoms with Gasteiger partial charge in [0.2, 0.25) is 0 Å². The van der Waals surface area contributed by atoms with Gasteiger partial charge < -0.3 is 15.4 Å². The highest BCUT2D eigenvalue weighted by molar-refractivity contribution is 5.95. The van der Waals surface area contributed by atoms with Crippen LogP contribution in [0.1, 0.15) is 30.0 Å². The fraction of sp³-hybridized carbons (Fsp3) is 0.583. The van der Waals surface area contributed by atoms with E-state index in [2.05, 4.69) is 5.10 Å². The summed E-state index contributed by atoms with van der Waals surface area (Å²) in [6.45, 7) is 5.58. The first-order chi connectivity index (χ1) is 8.79. The molecule has 1 amide bonds. The second-order valence-electron chi connectivity index (χ2n) is 4.44. The number of nitrogens with zero attached hydrogens (tertiary/aromatic N) is 3. The SMILES string of the molecule is CCn1nc(C)c(N)c1C(=O)OC(C)C(=O)N(C)C. The molecule has 0 aliphatic carbocycles. The Morgan fingerprint density at radius 2 is 2.05 bits per heavy atom. The van der Waals surface area contributed by atoms with E-state index in [0.29, 0.717) is 12.2 Å². The zero-order valence-electron chi connectivity index (χ0n) is 11.9. The molecule has 0 bridgehead atoms. The van der Waals surface area contributed by atoms with E-state index in [1.807, 2.05) is 6.92 Å². The molecule has 0 fully saturated rings. The van der Waals surface area contributed by atoms with Gasteiger partial charge in [0.1, 0.15) is 0 Å². The van der Waals surface area contributed by atoms with Crippen LogP contribution in [0.15, 0.2) is 0 Å². The minimum Gasteiger partial charge on any atom is -0.448 e. The molecule has 1 unspecified atom stereocenters. The van der Waals surface area contributed by atoms with E-state index in [4.69, 9.17) is 10.5 Å². The van der Waals surface area contributed by atoms with E-state index >= 15 is 0 Å². The number of nitrogens with two attached hydrogens (primary N) is 1. The van der Waals surface area contributed by atoms with Crippen molar-refractivity contribution in [2.75, 3.05) is 19.8 Å². The first kappa shape index (κ1) is 15.0. The largest absolute Gasteiger partial charge is 0.448 e. The molecule has 1 aromatic heterocycles. The van der Waals surface area contributed by atoms with Crippen LogP contribution in [-0.4, -0.2) is 46.8 Å². The maximum absolute atomic E-state index is 12.1. The molecule has 1 aromatic rings. The average Bonchev–Trinajstić information content (AvgIpc) is 2.63. The Morgan fingerprint density at radius 3 is 2.53 bits per heavy atom. The highest BCUT2D eigenvalue weighted by Gasteiger charge is 2.25. The summed E-state index contributed by atoms with van der Waals surface area (Å²) in [5, 5.41) is 4.13. The number of carbonyl (C=O) groups excluding carboxylic acids is 2. The number of esters is 1. The van der Waals surface area contributed by atoms with E-state index in [0.717, 1.165) is 0 Å². The fourth-order valence-corrected chi connectivity index (χ4v) is 1.67. The van der Waals surface area contributed by atoms with Crippen LogP contribution in [0, 0.1) is 6.92 Å². The molecule has 0 aliphatic heterocycles. The number of hydrogen-bond donors (Lipinski definition) is 1. The fourth-order valence-electron chi connectivity index (χ4n) is 1.67. The van der Waals surface area contributed by atoms with Crippen LogP contribution in [-0.2, 0) is 16.1 Å². The Balaban J connectivity index is 2.93. The number of nitrogen functional groups attached to an aromatic ring is 1. The zero-order valence-corrected chi connectivity index (χ0v) is 11.9. The zero-order chi connectivity index (χ0) is 14.7. The Morgan fingerprint density at radius 1 is 1.47 bits per heavy atom. The maximum Gasteiger partial charge on any atom is 0.359 e. The summed E-state index contributed by atoms with van der Waals surface area (Å²) in [5.41, 5.74) is 6.86. The number of ether oxygens (including phenoxy) is 1. The number of aryl methyl sites for hydroxylation is 2. The highest BCUT2D eigenvalue weighted by Crippen LogP contribution is 2.18. The summed E-state index contributed by atoms with van der Waals surface area (Å²) in [7, 11) is 3.20. The van der Waals surface area contributed by atoms with E-state index in [9.17, 15) is 9.59 Å². The number of hydrogen-bond acceptors (Lipinski definition) is 5. The molecule has 0 spiro atoms. The summed E-state index contributed by atoms with van der Waals surface area (Å²) in [6, 6.07) is 0. The number of amides is 1. The molecule has 1 heterocycles. The average molecular weight is 268 g/mol. The predicted octanol–water partition coefficient (Wildman–Crippen LogP) is 0.427. The number of likely N-dealkylation sites (N-methyl/N-ethyl adjacent to an activating group) is 1. The summed E-state index contributed by atoms with van der Waals surface area (Å²) in [4.78, 5) is 25.1. The van der Waals surface area contributed by atoms with Gasteiger partial charge in [-0.1, -0.05) is 0 Å². The monoisotopic (exact) mass is 268 g/mol. The third-order valence-corrected chi connectivity index (χ3v) is 2.74. The van der Waals surface area contributed by atoms with Crippen LogP contribution in [0.25, 0.3) is 0 Å². The Labute approximate surface area is 112 Å². The van der Waals surface area contributed by atoms with Crippen molar-refractivity contribution < 1.29 is 14.3 Å². The Bertz CT molecular complexity index is 493. The molecule has 0 saturated heterocycles. The predicted molar refractivity (Wildman–Crippen MR) is 70.6 cm³/mol. The van der Waals surface area contributed by atoms with Crippen molar-refractivity contribution in [3.05, 3.63) is 11.4 Å². The number of anilines is 1. The molecule has 0 radical (unpaired) electrons. The molecule has 1 rings (SSSR count). The van der Waals surface area contributed by atoms with Crippen LogP contribution in [0.2, 0.25) is 0 Å². The molecule has 7 heteroatoms. The third-order valence-electron chi connectivity index (χ3n) is 2.74. The van der Waals surface area contributed by atoms with E-state index in [1.54, 1.807) is 21.0 Å². The normalized spacial score (nSPS) is 12.1. The van der Waals surface area contributed by atoms with Gasteiger partial charge in [-0.05, 0) is 20.8 Å². The lowest BCUT2D eigenvalue weighted by molar-refractivity contribution is -0.137. The van der Waals surface area contributed by atoms with Crippen molar-refractivity contribution >= 4 is 17.6 Å². The van der Waals surface area contributed by atoms with Crippen molar-refractivity contribution in [2.45, 2.75) is 33.4 Å². The van der Waals surface area contributed by atoms with Crippen LogP contribution < -0.4 is 5.73 Å². The molecular weight excluding hydrogens is 248 g/mol. The lowest BCUT2D eigenvalue weighted by Crippen LogP contribution is -2.35. The molecule has 0 aliphatic rings. The maximum atomic E-state index is 12.1. The van der Waals surface area contributed by atoms with Crippen molar-refractivity contribution in [1.82, 2.24) is 14.7 Å². The van der Waals surface area contributed by atoms with Crippen molar-refractivity contribution in [3.63, 3.8) is 0 Å². The lowest BCUT2D eigenvalue weighted by Gasteiger charge is -2.17. The minimum atomic E-state index is -0.859. The van der Waals surface area contributed by atoms with Gasteiger partial charge in [-0.3, -0.25) is 9.48 Å². The smallest absolute Gasteiger partial charge is 0.359 e. The van der Waals surface area contributed by atoms with Crippen molar-refractivity contribution in [3.8, 4) is 0 Å². The quantitative estimate of drug-likeness (QED) is 0.799. The molecule has 0 aromatic carbocycles. The standard InChI is InChI=1S/C12H20N4O3/c1-6-16-10(9(13)7(2)14-16)12(18)19-8(3)11(17)15(4)5/h8H,6,13H2,1-5H3. The molecule has 7 nitrogen and oxygen atoms in total. The van der Waals surface area contributed by atoms with Crippen LogP contribution in [0.4, 0.5) is 5.69 Å². The van der Waals surface area contributed by atoms with Gasteiger partial charge in [-0.25, -0.2) is 4.79 Å². The summed E-state index contributed by atoms with van der Waals surface area (Å²) >= 11 is 0. The second-order valence-corrected chi connectivity index (χ2v) is 4.44. The van der Waals surface area contributed by atoms with Crippen molar-refractivity contribution in [1.29, 1.82) is 0 Å². The van der Waals surface area contributed by atoms with Gasteiger partial charge in [0, 0.05) is 20.6 Å². The van der Waals surface area contributed by atoms with E-state index in [-0.39, 0.29) is 17.3 Å². The molecule has 19 heavy (non-hydrogen) atoms. The first-order valence-corrected chi connectivity index (χ1v) is 6.04.